The van der Waals surface area contributed by atoms with Gasteiger partial charge in [-0.25, -0.2) is 16.8 Å². The molecule has 0 bridgehead atoms. The van der Waals surface area contributed by atoms with Crippen LogP contribution in [0, 0.1) is 0 Å². The van der Waals surface area contributed by atoms with Gasteiger partial charge in [0, 0.05) is 23.2 Å². The minimum atomic E-state index is -3.29. The molecule has 0 amide bonds. The number of anilines is 2. The summed E-state index contributed by atoms with van der Waals surface area (Å²) in [5, 5.41) is 3.08. The molecule has 0 heterocycles. The van der Waals surface area contributed by atoms with Crippen LogP contribution in [0.3, 0.4) is 0 Å². The summed E-state index contributed by atoms with van der Waals surface area (Å²) < 4.78 is 48.4. The van der Waals surface area contributed by atoms with E-state index in [9.17, 15) is 16.8 Å². The van der Waals surface area contributed by atoms with Crippen LogP contribution in [-0.2, 0) is 19.9 Å². The smallest absolute Gasteiger partial charge is 0.232 e. The molecule has 6 nitrogen and oxygen atoms in total. The molecule has 1 rings (SSSR count). The van der Waals surface area contributed by atoms with Crippen LogP contribution in [0.25, 0.3) is 0 Å². The van der Waals surface area contributed by atoms with Gasteiger partial charge >= 0.3 is 0 Å². The van der Waals surface area contributed by atoms with Crippen molar-refractivity contribution in [3.05, 3.63) is 24.3 Å². The fourth-order valence-corrected chi connectivity index (χ4v) is 3.43. The van der Waals surface area contributed by atoms with Crippen LogP contribution < -0.4 is 10.0 Å². The van der Waals surface area contributed by atoms with Gasteiger partial charge in [-0.05, 0) is 38.1 Å². The molecule has 0 fully saturated rings. The second-order valence-electron chi connectivity index (χ2n) is 4.83. The van der Waals surface area contributed by atoms with Gasteiger partial charge in [-0.3, -0.25) is 4.72 Å². The summed E-state index contributed by atoms with van der Waals surface area (Å²) in [7, 11) is -6.31. The summed E-state index contributed by atoms with van der Waals surface area (Å²) in [6.45, 7) is 4.98. The Morgan fingerprint density at radius 2 is 1.48 bits per heavy atom. The Morgan fingerprint density at radius 1 is 0.952 bits per heavy atom. The summed E-state index contributed by atoms with van der Waals surface area (Å²) >= 11 is 0. The standard InChI is InChI=1S/C13H22N2O4S2/c1-4-20(16,17)10-11(3)14-12-6-8-13(9-7-12)15-21(18,19)5-2/h6-9,11,14-15H,4-5,10H2,1-3H3. The zero-order valence-electron chi connectivity index (χ0n) is 12.5. The molecule has 0 spiro atoms. The Morgan fingerprint density at radius 3 is 1.95 bits per heavy atom. The van der Waals surface area contributed by atoms with Crippen molar-refractivity contribution in [1.82, 2.24) is 0 Å². The molecule has 120 valence electrons. The molecule has 1 aromatic rings. The van der Waals surface area contributed by atoms with Gasteiger partial charge in [0.05, 0.1) is 11.5 Å². The van der Waals surface area contributed by atoms with E-state index in [0.717, 1.165) is 5.69 Å². The summed E-state index contributed by atoms with van der Waals surface area (Å²) in [4.78, 5) is 0. The van der Waals surface area contributed by atoms with E-state index in [-0.39, 0.29) is 23.3 Å². The molecule has 1 atom stereocenters. The predicted octanol–water partition coefficient (Wildman–Crippen LogP) is 1.68. The lowest BCUT2D eigenvalue weighted by Crippen LogP contribution is -2.26. The average molecular weight is 334 g/mol. The van der Waals surface area contributed by atoms with Gasteiger partial charge in [-0.1, -0.05) is 6.92 Å². The Labute approximate surface area is 126 Å². The van der Waals surface area contributed by atoms with Crippen LogP contribution in [0.15, 0.2) is 24.3 Å². The molecule has 0 saturated carbocycles. The van der Waals surface area contributed by atoms with Crippen molar-refractivity contribution in [3.63, 3.8) is 0 Å². The largest absolute Gasteiger partial charge is 0.382 e. The maximum Gasteiger partial charge on any atom is 0.232 e. The monoisotopic (exact) mass is 334 g/mol. The van der Waals surface area contributed by atoms with Gasteiger partial charge in [-0.15, -0.1) is 0 Å². The lowest BCUT2D eigenvalue weighted by Gasteiger charge is -2.15. The first-order valence-corrected chi connectivity index (χ1v) is 10.2. The van der Waals surface area contributed by atoms with Crippen molar-refractivity contribution < 1.29 is 16.8 Å². The highest BCUT2D eigenvalue weighted by molar-refractivity contribution is 7.92. The van der Waals surface area contributed by atoms with Crippen molar-refractivity contribution in [3.8, 4) is 0 Å². The maximum absolute atomic E-state index is 11.5. The van der Waals surface area contributed by atoms with Gasteiger partial charge in [-0.2, -0.15) is 0 Å². The van der Waals surface area contributed by atoms with E-state index in [1.165, 1.54) is 0 Å². The van der Waals surface area contributed by atoms with E-state index >= 15 is 0 Å². The van der Waals surface area contributed by atoms with Gasteiger partial charge in [0.2, 0.25) is 10.0 Å². The molecule has 1 aromatic carbocycles. The number of sulfone groups is 1. The Hall–Kier alpha value is -1.28. The lowest BCUT2D eigenvalue weighted by molar-refractivity contribution is 0.593. The molecule has 0 aliphatic carbocycles. The van der Waals surface area contributed by atoms with Crippen LogP contribution >= 0.6 is 0 Å². The average Bonchev–Trinajstić information content (AvgIpc) is 2.40. The van der Waals surface area contributed by atoms with Crippen LogP contribution in [0.5, 0.6) is 0 Å². The number of sulfonamides is 1. The first-order chi connectivity index (χ1) is 9.67. The van der Waals surface area contributed by atoms with Crippen LogP contribution in [0.4, 0.5) is 11.4 Å². The van der Waals surface area contributed by atoms with E-state index in [0.29, 0.717) is 5.69 Å². The second-order valence-corrected chi connectivity index (χ2v) is 9.24. The molecule has 0 aromatic heterocycles. The molecule has 2 N–H and O–H groups in total. The summed E-state index contributed by atoms with van der Waals surface area (Å²) in [5.41, 5.74) is 1.23. The molecule has 0 radical (unpaired) electrons. The zero-order valence-corrected chi connectivity index (χ0v) is 14.1. The van der Waals surface area contributed by atoms with Crippen molar-refractivity contribution in [2.45, 2.75) is 26.8 Å². The first-order valence-electron chi connectivity index (χ1n) is 6.75. The van der Waals surface area contributed by atoms with Crippen LogP contribution in [0.2, 0.25) is 0 Å². The number of hydrogen-bond donors (Lipinski definition) is 2. The molecule has 8 heteroatoms. The van der Waals surface area contributed by atoms with Gasteiger partial charge in [0.25, 0.3) is 0 Å². The quantitative estimate of drug-likeness (QED) is 0.754. The molecule has 0 aliphatic heterocycles. The van der Waals surface area contributed by atoms with Gasteiger partial charge in [0.1, 0.15) is 0 Å². The van der Waals surface area contributed by atoms with E-state index in [2.05, 4.69) is 10.0 Å². The maximum atomic E-state index is 11.5. The third-order valence-corrected chi connectivity index (χ3v) is 6.09. The third-order valence-electron chi connectivity index (χ3n) is 2.90. The fraction of sp³-hybridized carbons (Fsp3) is 0.538. The van der Waals surface area contributed by atoms with E-state index in [4.69, 9.17) is 0 Å². The Balaban J connectivity index is 2.67. The minimum absolute atomic E-state index is 0.0128. The highest BCUT2D eigenvalue weighted by Gasteiger charge is 2.13. The fourth-order valence-electron chi connectivity index (χ4n) is 1.71. The molecule has 21 heavy (non-hydrogen) atoms. The van der Waals surface area contributed by atoms with E-state index in [1.807, 2.05) is 0 Å². The van der Waals surface area contributed by atoms with Crippen molar-refractivity contribution >= 4 is 31.2 Å². The second kappa shape index (κ2) is 7.13. The number of benzene rings is 1. The Bertz CT molecular complexity index is 652. The number of nitrogens with one attached hydrogen (secondary N) is 2. The number of hydrogen-bond acceptors (Lipinski definition) is 5. The summed E-state index contributed by atoms with van der Waals surface area (Å²) in [6, 6.07) is 6.48. The normalized spacial score (nSPS) is 13.7. The topological polar surface area (TPSA) is 92.3 Å². The Kier molecular flexibility index (Phi) is 6.03. The molecule has 0 aliphatic rings. The predicted molar refractivity (Wildman–Crippen MR) is 86.9 cm³/mol. The molecular formula is C13H22N2O4S2. The van der Waals surface area contributed by atoms with Crippen LogP contribution in [-0.4, -0.2) is 40.1 Å². The summed E-state index contributed by atoms with van der Waals surface area (Å²) in [6.07, 6.45) is 0. The zero-order chi connectivity index (χ0) is 16.1. The first kappa shape index (κ1) is 17.8. The molecular weight excluding hydrogens is 312 g/mol. The SMILES string of the molecule is CCS(=O)(=O)CC(C)Nc1ccc(NS(=O)(=O)CC)cc1. The van der Waals surface area contributed by atoms with Crippen LogP contribution in [0.1, 0.15) is 20.8 Å². The van der Waals surface area contributed by atoms with Crippen molar-refractivity contribution in [2.75, 3.05) is 27.3 Å². The lowest BCUT2D eigenvalue weighted by atomic mass is 10.2. The highest BCUT2D eigenvalue weighted by atomic mass is 32.2. The summed E-state index contributed by atoms with van der Waals surface area (Å²) in [5.74, 6) is 0.198. The van der Waals surface area contributed by atoms with Crippen molar-refractivity contribution in [2.24, 2.45) is 0 Å². The highest BCUT2D eigenvalue weighted by Crippen LogP contribution is 2.16. The van der Waals surface area contributed by atoms with Crippen molar-refractivity contribution in [1.29, 1.82) is 0 Å². The number of rotatable bonds is 8. The minimum Gasteiger partial charge on any atom is -0.382 e. The molecule has 0 saturated heterocycles. The van der Waals surface area contributed by atoms with Gasteiger partial charge in [0.15, 0.2) is 9.84 Å². The van der Waals surface area contributed by atoms with Gasteiger partial charge < -0.3 is 5.32 Å². The molecule has 1 unspecified atom stereocenters. The van der Waals surface area contributed by atoms with E-state index < -0.39 is 19.9 Å². The van der Waals surface area contributed by atoms with E-state index in [1.54, 1.807) is 45.0 Å². The third kappa shape index (κ3) is 6.34.